The lowest BCUT2D eigenvalue weighted by molar-refractivity contribution is -0.116. The zero-order valence-corrected chi connectivity index (χ0v) is 14.9. The van der Waals surface area contributed by atoms with E-state index in [4.69, 9.17) is 9.47 Å². The van der Waals surface area contributed by atoms with E-state index in [0.29, 0.717) is 31.7 Å². The van der Waals surface area contributed by atoms with Gasteiger partial charge in [-0.1, -0.05) is 42.5 Å². The minimum atomic E-state index is -0.124. The van der Waals surface area contributed by atoms with E-state index in [1.54, 1.807) is 10.9 Å². The van der Waals surface area contributed by atoms with Crippen molar-refractivity contribution in [3.05, 3.63) is 72.6 Å². The number of rotatable bonds is 6. The number of anilines is 1. The second-order valence-electron chi connectivity index (χ2n) is 6.48. The number of hydrogen-bond acceptors (Lipinski definition) is 4. The van der Waals surface area contributed by atoms with Gasteiger partial charge in [0.25, 0.3) is 0 Å². The van der Waals surface area contributed by atoms with Gasteiger partial charge in [-0.25, -0.2) is 0 Å². The van der Waals surface area contributed by atoms with Crippen LogP contribution in [0.5, 0.6) is 11.5 Å². The Labute approximate surface area is 157 Å². The molecule has 1 aliphatic rings. The lowest BCUT2D eigenvalue weighted by Crippen LogP contribution is -2.33. The van der Waals surface area contributed by atoms with Crippen LogP contribution in [0.2, 0.25) is 0 Å². The second kappa shape index (κ2) is 7.95. The number of hydrogen-bond donors (Lipinski definition) is 1. The van der Waals surface area contributed by atoms with Crippen LogP contribution in [0.4, 0.5) is 5.69 Å². The van der Waals surface area contributed by atoms with Crippen molar-refractivity contribution in [2.24, 2.45) is 0 Å². The van der Waals surface area contributed by atoms with Crippen LogP contribution in [0.1, 0.15) is 12.0 Å². The highest BCUT2D eigenvalue weighted by Gasteiger charge is 2.21. The molecule has 1 amide bonds. The molecule has 1 unspecified atom stereocenters. The van der Waals surface area contributed by atoms with Gasteiger partial charge < -0.3 is 14.8 Å². The Morgan fingerprint density at radius 1 is 1.11 bits per heavy atom. The van der Waals surface area contributed by atoms with Crippen LogP contribution in [0.25, 0.3) is 0 Å². The number of nitrogens with zero attached hydrogens (tertiary/aromatic N) is 2. The van der Waals surface area contributed by atoms with Crippen molar-refractivity contribution < 1.29 is 14.3 Å². The first-order valence-electron chi connectivity index (χ1n) is 9.01. The maximum Gasteiger partial charge on any atom is 0.224 e. The van der Waals surface area contributed by atoms with Crippen LogP contribution in [0, 0.1) is 0 Å². The summed E-state index contributed by atoms with van der Waals surface area (Å²) >= 11 is 0. The standard InChI is InChI=1S/C21H21N3O3/c25-21(11-10-16-6-2-1-3-7-16)23-17-12-22-24(13-17)14-18-15-26-19-8-4-5-9-20(19)27-18/h1-9,12-13,18H,10-11,14-15H2,(H,23,25). The van der Waals surface area contributed by atoms with Gasteiger partial charge in [-0.2, -0.15) is 5.10 Å². The zero-order chi connectivity index (χ0) is 18.5. The fourth-order valence-corrected chi connectivity index (χ4v) is 3.02. The van der Waals surface area contributed by atoms with Gasteiger partial charge in [0.15, 0.2) is 17.6 Å². The third-order valence-electron chi connectivity index (χ3n) is 4.36. The molecule has 2 aromatic carbocycles. The molecule has 1 atom stereocenters. The molecular formula is C21H21N3O3. The van der Waals surface area contributed by atoms with Crippen LogP contribution in [-0.4, -0.2) is 28.4 Å². The fraction of sp³-hybridized carbons (Fsp3) is 0.238. The SMILES string of the molecule is O=C(CCc1ccccc1)Nc1cnn(CC2COc3ccccc3O2)c1. The summed E-state index contributed by atoms with van der Waals surface area (Å²) < 4.78 is 13.4. The molecule has 138 valence electrons. The van der Waals surface area contributed by atoms with Crippen molar-refractivity contribution in [3.8, 4) is 11.5 Å². The molecular weight excluding hydrogens is 342 g/mol. The molecule has 0 saturated heterocycles. The molecule has 0 bridgehead atoms. The normalized spacial score (nSPS) is 15.3. The van der Waals surface area contributed by atoms with E-state index in [-0.39, 0.29) is 12.0 Å². The second-order valence-corrected chi connectivity index (χ2v) is 6.48. The molecule has 1 N–H and O–H groups in total. The number of carbonyl (C=O) groups is 1. The van der Waals surface area contributed by atoms with E-state index in [9.17, 15) is 4.79 Å². The Morgan fingerprint density at radius 3 is 2.74 bits per heavy atom. The van der Waals surface area contributed by atoms with Gasteiger partial charge in [-0.3, -0.25) is 9.48 Å². The molecule has 0 fully saturated rings. The molecule has 0 spiro atoms. The number of benzene rings is 2. The Balaban J connectivity index is 1.28. The summed E-state index contributed by atoms with van der Waals surface area (Å²) in [5.41, 5.74) is 1.84. The summed E-state index contributed by atoms with van der Waals surface area (Å²) in [5.74, 6) is 1.49. The largest absolute Gasteiger partial charge is 0.486 e. The summed E-state index contributed by atoms with van der Waals surface area (Å²) in [6.45, 7) is 1.02. The first kappa shape index (κ1) is 17.1. The topological polar surface area (TPSA) is 65.4 Å². The lowest BCUT2D eigenvalue weighted by Gasteiger charge is -2.26. The Bertz CT molecular complexity index is 908. The summed E-state index contributed by atoms with van der Waals surface area (Å²) in [7, 11) is 0. The summed E-state index contributed by atoms with van der Waals surface area (Å²) in [4.78, 5) is 12.1. The molecule has 3 aromatic rings. The predicted octanol–water partition coefficient (Wildman–Crippen LogP) is 3.29. The Hall–Kier alpha value is -3.28. The van der Waals surface area contributed by atoms with E-state index >= 15 is 0 Å². The van der Waals surface area contributed by atoms with Crippen molar-refractivity contribution in [2.45, 2.75) is 25.5 Å². The van der Waals surface area contributed by atoms with Crippen LogP contribution in [0.3, 0.4) is 0 Å². The molecule has 0 aliphatic carbocycles. The molecule has 6 nitrogen and oxygen atoms in total. The number of nitrogens with one attached hydrogen (secondary N) is 1. The van der Waals surface area contributed by atoms with Crippen LogP contribution in [-0.2, 0) is 17.8 Å². The lowest BCUT2D eigenvalue weighted by atomic mass is 10.1. The molecule has 2 heterocycles. The summed E-state index contributed by atoms with van der Waals surface area (Å²) in [5, 5.41) is 7.20. The summed E-state index contributed by atoms with van der Waals surface area (Å²) in [6.07, 6.45) is 4.49. The first-order valence-corrected chi connectivity index (χ1v) is 9.01. The van der Waals surface area contributed by atoms with Crippen molar-refractivity contribution in [1.29, 1.82) is 0 Å². The molecule has 0 saturated carbocycles. The number of ether oxygens (including phenoxy) is 2. The van der Waals surface area contributed by atoms with Gasteiger partial charge in [0.2, 0.25) is 5.91 Å². The highest BCUT2D eigenvalue weighted by molar-refractivity contribution is 5.90. The van der Waals surface area contributed by atoms with Crippen LogP contribution >= 0.6 is 0 Å². The predicted molar refractivity (Wildman–Crippen MR) is 102 cm³/mol. The average Bonchev–Trinajstić information content (AvgIpc) is 3.14. The molecule has 4 rings (SSSR count). The Morgan fingerprint density at radius 2 is 1.89 bits per heavy atom. The zero-order valence-electron chi connectivity index (χ0n) is 14.9. The first-order chi connectivity index (χ1) is 13.3. The average molecular weight is 363 g/mol. The van der Waals surface area contributed by atoms with E-state index in [0.717, 1.165) is 17.1 Å². The molecule has 6 heteroatoms. The number of carbonyl (C=O) groups excluding carboxylic acids is 1. The maximum absolute atomic E-state index is 12.1. The molecule has 1 aromatic heterocycles. The van der Waals surface area contributed by atoms with Gasteiger partial charge in [0.1, 0.15) is 6.61 Å². The van der Waals surface area contributed by atoms with Gasteiger partial charge in [0.05, 0.1) is 18.4 Å². The highest BCUT2D eigenvalue weighted by Crippen LogP contribution is 2.31. The maximum atomic E-state index is 12.1. The van der Waals surface area contributed by atoms with E-state index in [1.807, 2.05) is 60.8 Å². The Kier molecular flexibility index (Phi) is 5.05. The van der Waals surface area contributed by atoms with Gasteiger partial charge in [0, 0.05) is 12.6 Å². The monoisotopic (exact) mass is 363 g/mol. The van der Waals surface area contributed by atoms with E-state index in [1.165, 1.54) is 0 Å². The number of amides is 1. The van der Waals surface area contributed by atoms with Gasteiger partial charge in [-0.05, 0) is 24.1 Å². The van der Waals surface area contributed by atoms with Crippen molar-refractivity contribution in [1.82, 2.24) is 9.78 Å². The van der Waals surface area contributed by atoms with E-state index < -0.39 is 0 Å². The number of aryl methyl sites for hydroxylation is 1. The molecule has 0 radical (unpaired) electrons. The minimum absolute atomic E-state index is 0.0235. The minimum Gasteiger partial charge on any atom is -0.486 e. The van der Waals surface area contributed by atoms with Crippen molar-refractivity contribution >= 4 is 11.6 Å². The number of fused-ring (bicyclic) bond motifs is 1. The van der Waals surface area contributed by atoms with Crippen molar-refractivity contribution in [3.63, 3.8) is 0 Å². The fourth-order valence-electron chi connectivity index (χ4n) is 3.02. The summed E-state index contributed by atoms with van der Waals surface area (Å²) in [6, 6.07) is 17.6. The van der Waals surface area contributed by atoms with Crippen molar-refractivity contribution in [2.75, 3.05) is 11.9 Å². The van der Waals surface area contributed by atoms with E-state index in [2.05, 4.69) is 10.4 Å². The molecule has 27 heavy (non-hydrogen) atoms. The highest BCUT2D eigenvalue weighted by atomic mass is 16.6. The number of para-hydroxylation sites is 2. The quantitative estimate of drug-likeness (QED) is 0.730. The third kappa shape index (κ3) is 4.47. The smallest absolute Gasteiger partial charge is 0.224 e. The third-order valence-corrected chi connectivity index (χ3v) is 4.36. The van der Waals surface area contributed by atoms with Gasteiger partial charge >= 0.3 is 0 Å². The van der Waals surface area contributed by atoms with Crippen LogP contribution in [0.15, 0.2) is 67.0 Å². The molecule has 1 aliphatic heterocycles. The van der Waals surface area contributed by atoms with Crippen LogP contribution < -0.4 is 14.8 Å². The van der Waals surface area contributed by atoms with Gasteiger partial charge in [-0.15, -0.1) is 0 Å². The number of aromatic nitrogens is 2.